The van der Waals surface area contributed by atoms with Crippen LogP contribution in [0.3, 0.4) is 0 Å². The van der Waals surface area contributed by atoms with Crippen LogP contribution in [0.4, 0.5) is 0 Å². The summed E-state index contributed by atoms with van der Waals surface area (Å²) in [6.45, 7) is 0. The molecule has 3 heteroatoms. The number of thioether (sulfide) groups is 1. The molecule has 1 rings (SSSR count). The van der Waals surface area contributed by atoms with Crippen LogP contribution in [-0.2, 0) is 4.79 Å². The molecule has 2 nitrogen and oxygen atoms in total. The van der Waals surface area contributed by atoms with Crippen LogP contribution in [0, 0.1) is 0 Å². The zero-order valence-corrected chi connectivity index (χ0v) is 5.41. The molecule has 46 valence electrons. The van der Waals surface area contributed by atoms with Crippen molar-refractivity contribution in [1.82, 2.24) is 5.32 Å². The fourth-order valence-corrected chi connectivity index (χ4v) is 1.89. The van der Waals surface area contributed by atoms with E-state index in [0.717, 1.165) is 12.8 Å². The molecule has 1 atom stereocenters. The van der Waals surface area contributed by atoms with Gasteiger partial charge in [0, 0.05) is 0 Å². The fourth-order valence-electron chi connectivity index (χ4n) is 0.785. The fraction of sp³-hybridized carbons (Fsp3) is 0.800. The Hall–Kier alpha value is -0.180. The summed E-state index contributed by atoms with van der Waals surface area (Å²) in [7, 11) is 0. The number of nitrogens with one attached hydrogen (secondary N) is 1. The third kappa shape index (κ3) is 1.40. The van der Waals surface area contributed by atoms with Gasteiger partial charge in [0.1, 0.15) is 0 Å². The standard InChI is InChI=1S/C5H9NOS/c7-4-6-5-2-1-3-8-5/h4-5H,1-3H2,(H,6,7). The molecule has 1 aliphatic rings. The summed E-state index contributed by atoms with van der Waals surface area (Å²) < 4.78 is 0. The van der Waals surface area contributed by atoms with Gasteiger partial charge in [-0.25, -0.2) is 0 Å². The molecule has 0 radical (unpaired) electrons. The molecule has 0 aromatic heterocycles. The van der Waals surface area contributed by atoms with Crippen molar-refractivity contribution >= 4 is 18.2 Å². The first-order valence-electron chi connectivity index (χ1n) is 2.75. The SMILES string of the molecule is O=CNC1CCCS1. The van der Waals surface area contributed by atoms with Gasteiger partial charge in [0.25, 0.3) is 0 Å². The summed E-state index contributed by atoms with van der Waals surface area (Å²) >= 11 is 1.82. The largest absolute Gasteiger partial charge is 0.347 e. The summed E-state index contributed by atoms with van der Waals surface area (Å²) in [4.78, 5) is 9.84. The van der Waals surface area contributed by atoms with Crippen LogP contribution in [0.2, 0.25) is 0 Å². The molecule has 1 fully saturated rings. The minimum atomic E-state index is 0.410. The zero-order chi connectivity index (χ0) is 5.82. The van der Waals surface area contributed by atoms with Gasteiger partial charge in [-0.3, -0.25) is 4.79 Å². The lowest BCUT2D eigenvalue weighted by Gasteiger charge is -2.02. The van der Waals surface area contributed by atoms with Crippen LogP contribution in [0.25, 0.3) is 0 Å². The van der Waals surface area contributed by atoms with Crippen LogP contribution >= 0.6 is 11.8 Å². The van der Waals surface area contributed by atoms with Gasteiger partial charge in [-0.2, -0.15) is 0 Å². The second-order valence-corrected chi connectivity index (χ2v) is 3.10. The van der Waals surface area contributed by atoms with Gasteiger partial charge in [0.15, 0.2) is 0 Å². The van der Waals surface area contributed by atoms with E-state index in [4.69, 9.17) is 0 Å². The lowest BCUT2D eigenvalue weighted by molar-refractivity contribution is -0.109. The van der Waals surface area contributed by atoms with E-state index in [2.05, 4.69) is 5.32 Å². The van der Waals surface area contributed by atoms with E-state index in [9.17, 15) is 4.79 Å². The molecule has 0 saturated carbocycles. The third-order valence-corrected chi connectivity index (χ3v) is 2.48. The molecule has 1 unspecified atom stereocenters. The summed E-state index contributed by atoms with van der Waals surface area (Å²) in [5, 5.41) is 3.14. The van der Waals surface area contributed by atoms with E-state index in [1.54, 1.807) is 0 Å². The average Bonchev–Trinajstić information content (AvgIpc) is 2.19. The van der Waals surface area contributed by atoms with Crippen molar-refractivity contribution in [3.8, 4) is 0 Å². The quantitative estimate of drug-likeness (QED) is 0.555. The topological polar surface area (TPSA) is 29.1 Å². The highest BCUT2D eigenvalue weighted by molar-refractivity contribution is 8.00. The molecule has 0 bridgehead atoms. The Morgan fingerprint density at radius 3 is 3.12 bits per heavy atom. The Labute approximate surface area is 53.0 Å². The van der Waals surface area contributed by atoms with Gasteiger partial charge in [0.05, 0.1) is 5.37 Å². The molecule has 1 saturated heterocycles. The zero-order valence-electron chi connectivity index (χ0n) is 4.59. The van der Waals surface area contributed by atoms with Crippen LogP contribution < -0.4 is 5.32 Å². The van der Waals surface area contributed by atoms with E-state index < -0.39 is 0 Å². The summed E-state index contributed by atoms with van der Waals surface area (Å²) in [5.74, 6) is 1.20. The molecule has 1 amide bonds. The van der Waals surface area contributed by atoms with Crippen molar-refractivity contribution in [3.63, 3.8) is 0 Å². The minimum absolute atomic E-state index is 0.410. The van der Waals surface area contributed by atoms with Crippen molar-refractivity contribution in [2.45, 2.75) is 18.2 Å². The Morgan fingerprint density at radius 2 is 2.62 bits per heavy atom. The molecule has 8 heavy (non-hydrogen) atoms. The highest BCUT2D eigenvalue weighted by Crippen LogP contribution is 2.22. The highest BCUT2D eigenvalue weighted by Gasteiger charge is 2.12. The predicted molar refractivity (Wildman–Crippen MR) is 34.7 cm³/mol. The first-order valence-corrected chi connectivity index (χ1v) is 3.79. The molecule has 1 aliphatic heterocycles. The molecule has 1 N–H and O–H groups in total. The second-order valence-electron chi connectivity index (χ2n) is 1.79. The molecule has 1 heterocycles. The van der Waals surface area contributed by atoms with Crippen molar-refractivity contribution < 1.29 is 4.79 Å². The Morgan fingerprint density at radius 1 is 1.75 bits per heavy atom. The monoisotopic (exact) mass is 131 g/mol. The molecule has 0 aromatic rings. The maximum atomic E-state index is 9.84. The number of amides is 1. The van der Waals surface area contributed by atoms with Gasteiger partial charge >= 0.3 is 0 Å². The van der Waals surface area contributed by atoms with Crippen molar-refractivity contribution in [2.75, 3.05) is 5.75 Å². The summed E-state index contributed by atoms with van der Waals surface area (Å²) in [5.41, 5.74) is 0. The van der Waals surface area contributed by atoms with Gasteiger partial charge in [-0.05, 0) is 18.6 Å². The molecule has 0 aromatic carbocycles. The van der Waals surface area contributed by atoms with Crippen LogP contribution in [0.5, 0.6) is 0 Å². The van der Waals surface area contributed by atoms with Crippen LogP contribution in [-0.4, -0.2) is 17.5 Å². The average molecular weight is 131 g/mol. The third-order valence-electron chi connectivity index (χ3n) is 1.18. The number of rotatable bonds is 2. The van der Waals surface area contributed by atoms with Crippen molar-refractivity contribution in [3.05, 3.63) is 0 Å². The first kappa shape index (κ1) is 5.95. The summed E-state index contributed by atoms with van der Waals surface area (Å²) in [6.07, 6.45) is 3.17. The molecule has 0 spiro atoms. The molecule has 0 aliphatic carbocycles. The summed E-state index contributed by atoms with van der Waals surface area (Å²) in [6, 6.07) is 0. The number of carbonyl (C=O) groups excluding carboxylic acids is 1. The van der Waals surface area contributed by atoms with Gasteiger partial charge in [-0.1, -0.05) is 0 Å². The Balaban J connectivity index is 2.14. The van der Waals surface area contributed by atoms with E-state index in [1.807, 2.05) is 11.8 Å². The number of carbonyl (C=O) groups is 1. The number of hydrogen-bond donors (Lipinski definition) is 1. The van der Waals surface area contributed by atoms with Crippen molar-refractivity contribution in [1.29, 1.82) is 0 Å². The lowest BCUT2D eigenvalue weighted by atomic mass is 10.3. The van der Waals surface area contributed by atoms with Crippen LogP contribution in [0.15, 0.2) is 0 Å². The Bertz CT molecular complexity index is 80.5. The van der Waals surface area contributed by atoms with Gasteiger partial charge in [0.2, 0.25) is 6.41 Å². The predicted octanol–water partition coefficient (Wildman–Crippen LogP) is 0.585. The first-order chi connectivity index (χ1) is 3.93. The smallest absolute Gasteiger partial charge is 0.207 e. The van der Waals surface area contributed by atoms with Crippen LogP contribution in [0.1, 0.15) is 12.8 Å². The lowest BCUT2D eigenvalue weighted by Crippen LogP contribution is -2.20. The van der Waals surface area contributed by atoms with E-state index in [0.29, 0.717) is 5.37 Å². The molecular formula is C5H9NOS. The van der Waals surface area contributed by atoms with E-state index >= 15 is 0 Å². The minimum Gasteiger partial charge on any atom is -0.347 e. The second kappa shape index (κ2) is 2.97. The highest BCUT2D eigenvalue weighted by atomic mass is 32.2. The molecular weight excluding hydrogens is 122 g/mol. The van der Waals surface area contributed by atoms with E-state index in [-0.39, 0.29) is 0 Å². The number of hydrogen-bond acceptors (Lipinski definition) is 2. The van der Waals surface area contributed by atoms with Gasteiger partial charge < -0.3 is 5.32 Å². The maximum absolute atomic E-state index is 9.84. The Kier molecular flexibility index (Phi) is 2.21. The normalized spacial score (nSPS) is 27.8. The van der Waals surface area contributed by atoms with E-state index in [1.165, 1.54) is 12.2 Å². The van der Waals surface area contributed by atoms with Crippen molar-refractivity contribution in [2.24, 2.45) is 0 Å². The van der Waals surface area contributed by atoms with Gasteiger partial charge in [-0.15, -0.1) is 11.8 Å². The maximum Gasteiger partial charge on any atom is 0.207 e.